The second-order valence-electron chi connectivity index (χ2n) is 4.04. The smallest absolute Gasteiger partial charge is 0.324 e. The van der Waals surface area contributed by atoms with Crippen LogP contribution < -0.4 is 16.6 Å². The highest BCUT2D eigenvalue weighted by Gasteiger charge is 2.18. The highest BCUT2D eigenvalue weighted by Crippen LogP contribution is 2.23. The summed E-state index contributed by atoms with van der Waals surface area (Å²) in [4.78, 5) is 36.4. The minimum atomic E-state index is -0.697. The summed E-state index contributed by atoms with van der Waals surface area (Å²) in [5, 5.41) is 8.20. The molecular formula is C12H11ClN4O3S. The Balaban J connectivity index is 2.08. The number of amides is 1. The van der Waals surface area contributed by atoms with Crippen molar-refractivity contribution >= 4 is 35.0 Å². The minimum Gasteiger partial charge on any atom is -0.324 e. The number of thioether (sulfide) groups is 1. The van der Waals surface area contributed by atoms with E-state index in [0.717, 1.165) is 11.8 Å². The van der Waals surface area contributed by atoms with Gasteiger partial charge in [-0.3, -0.25) is 14.6 Å². The fraction of sp³-hybridized carbons (Fsp3) is 0.167. The van der Waals surface area contributed by atoms with Crippen LogP contribution in [0, 0.1) is 0 Å². The minimum absolute atomic E-state index is 0.0106. The third-order valence-electron chi connectivity index (χ3n) is 2.47. The molecule has 3 N–H and O–H groups in total. The van der Waals surface area contributed by atoms with Crippen LogP contribution in [-0.2, 0) is 4.79 Å². The predicted molar refractivity (Wildman–Crippen MR) is 80.9 cm³/mol. The van der Waals surface area contributed by atoms with Gasteiger partial charge in [0.1, 0.15) is 0 Å². The van der Waals surface area contributed by atoms with Crippen molar-refractivity contribution in [3.05, 3.63) is 50.1 Å². The molecule has 1 aromatic carbocycles. The Kier molecular flexibility index (Phi) is 4.81. The molecule has 110 valence electrons. The van der Waals surface area contributed by atoms with Gasteiger partial charge in [0.05, 0.1) is 16.0 Å². The largest absolute Gasteiger partial charge is 0.342 e. The van der Waals surface area contributed by atoms with Crippen LogP contribution in [0.4, 0.5) is 5.69 Å². The van der Waals surface area contributed by atoms with Crippen molar-refractivity contribution in [3.8, 4) is 0 Å². The molecule has 0 saturated carbocycles. The number of hydrogen-bond donors (Lipinski definition) is 3. The van der Waals surface area contributed by atoms with Gasteiger partial charge in [0.25, 0.3) is 5.56 Å². The predicted octanol–water partition coefficient (Wildman–Crippen LogP) is 1.23. The zero-order valence-corrected chi connectivity index (χ0v) is 12.4. The summed E-state index contributed by atoms with van der Waals surface area (Å²) < 4.78 is 0. The number of anilines is 1. The number of carbonyl (C=O) groups excluding carboxylic acids is 1. The number of aromatic nitrogens is 3. The van der Waals surface area contributed by atoms with Gasteiger partial charge in [-0.05, 0) is 19.1 Å². The SMILES string of the molecule is CC(Sc1n[nH]c(=O)[nH]c1=O)C(=O)Nc1ccccc1Cl. The second kappa shape index (κ2) is 6.59. The molecule has 0 bridgehead atoms. The van der Waals surface area contributed by atoms with Gasteiger partial charge in [-0.1, -0.05) is 35.5 Å². The molecule has 7 nitrogen and oxygen atoms in total. The summed E-state index contributed by atoms with van der Waals surface area (Å²) in [6.07, 6.45) is 0. The molecule has 1 atom stereocenters. The summed E-state index contributed by atoms with van der Waals surface area (Å²) >= 11 is 6.88. The molecule has 2 aromatic rings. The van der Waals surface area contributed by atoms with E-state index in [0.29, 0.717) is 10.7 Å². The van der Waals surface area contributed by atoms with E-state index in [1.165, 1.54) is 0 Å². The lowest BCUT2D eigenvalue weighted by Crippen LogP contribution is -2.28. The van der Waals surface area contributed by atoms with E-state index in [9.17, 15) is 14.4 Å². The molecule has 0 aliphatic rings. The van der Waals surface area contributed by atoms with Gasteiger partial charge in [0.15, 0.2) is 5.03 Å². The monoisotopic (exact) mass is 326 g/mol. The van der Waals surface area contributed by atoms with Crippen molar-refractivity contribution in [2.24, 2.45) is 0 Å². The van der Waals surface area contributed by atoms with E-state index in [1.807, 2.05) is 4.98 Å². The van der Waals surface area contributed by atoms with Gasteiger partial charge in [0, 0.05) is 0 Å². The van der Waals surface area contributed by atoms with E-state index >= 15 is 0 Å². The maximum atomic E-state index is 12.0. The van der Waals surface area contributed by atoms with Crippen LogP contribution >= 0.6 is 23.4 Å². The Hall–Kier alpha value is -2.06. The summed E-state index contributed by atoms with van der Waals surface area (Å²) in [5.41, 5.74) is -0.849. The number of halogens is 1. The molecule has 21 heavy (non-hydrogen) atoms. The maximum Gasteiger partial charge on any atom is 0.342 e. The van der Waals surface area contributed by atoms with E-state index in [4.69, 9.17) is 11.6 Å². The number of benzene rings is 1. The third-order valence-corrected chi connectivity index (χ3v) is 3.87. The maximum absolute atomic E-state index is 12.0. The number of aromatic amines is 2. The van der Waals surface area contributed by atoms with Gasteiger partial charge in [-0.15, -0.1) is 0 Å². The van der Waals surface area contributed by atoms with Crippen molar-refractivity contribution in [2.45, 2.75) is 17.2 Å². The number of carbonyl (C=O) groups is 1. The molecule has 1 aromatic heterocycles. The van der Waals surface area contributed by atoms with Crippen LogP contribution in [0.25, 0.3) is 0 Å². The fourth-order valence-electron chi connectivity index (χ4n) is 1.43. The first-order valence-corrected chi connectivity index (χ1v) is 7.14. The summed E-state index contributed by atoms with van der Waals surface area (Å²) in [7, 11) is 0. The molecule has 1 amide bonds. The van der Waals surface area contributed by atoms with Gasteiger partial charge in [-0.25, -0.2) is 9.89 Å². The topological polar surface area (TPSA) is 108 Å². The molecule has 0 aliphatic carbocycles. The average Bonchev–Trinajstić information content (AvgIpc) is 2.44. The highest BCUT2D eigenvalue weighted by molar-refractivity contribution is 8.00. The standard InChI is InChI=1S/C12H11ClN4O3S/c1-6(21-11-10(19)15-12(20)17-16-11)9(18)14-8-5-3-2-4-7(8)13/h2-6H,1H3,(H,14,18)(H2,15,17,19,20). The number of rotatable bonds is 4. The van der Waals surface area contributed by atoms with Crippen molar-refractivity contribution in [1.82, 2.24) is 15.2 Å². The van der Waals surface area contributed by atoms with Crippen LogP contribution in [0.3, 0.4) is 0 Å². The van der Waals surface area contributed by atoms with Crippen LogP contribution in [-0.4, -0.2) is 26.3 Å². The van der Waals surface area contributed by atoms with Crippen molar-refractivity contribution in [2.75, 3.05) is 5.32 Å². The first-order chi connectivity index (χ1) is 9.97. The third kappa shape index (κ3) is 3.96. The Labute approximate surface area is 128 Å². The van der Waals surface area contributed by atoms with Crippen LogP contribution in [0.2, 0.25) is 5.02 Å². The fourth-order valence-corrected chi connectivity index (χ4v) is 2.37. The summed E-state index contributed by atoms with van der Waals surface area (Å²) in [6.45, 7) is 1.61. The molecule has 0 spiro atoms. The first kappa shape index (κ1) is 15.3. The average molecular weight is 327 g/mol. The van der Waals surface area contributed by atoms with Crippen LogP contribution in [0.15, 0.2) is 38.9 Å². The Morgan fingerprint density at radius 3 is 2.76 bits per heavy atom. The van der Waals surface area contributed by atoms with Gasteiger partial charge in [0.2, 0.25) is 5.91 Å². The van der Waals surface area contributed by atoms with Crippen molar-refractivity contribution in [1.29, 1.82) is 0 Å². The van der Waals surface area contributed by atoms with E-state index in [-0.39, 0.29) is 10.9 Å². The second-order valence-corrected chi connectivity index (χ2v) is 5.78. The lowest BCUT2D eigenvalue weighted by atomic mass is 10.3. The van der Waals surface area contributed by atoms with Crippen LogP contribution in [0.5, 0.6) is 0 Å². The molecule has 0 radical (unpaired) electrons. The normalized spacial score (nSPS) is 11.9. The highest BCUT2D eigenvalue weighted by atomic mass is 35.5. The Morgan fingerprint density at radius 1 is 1.38 bits per heavy atom. The zero-order chi connectivity index (χ0) is 15.4. The number of H-pyrrole nitrogens is 2. The Morgan fingerprint density at radius 2 is 2.10 bits per heavy atom. The first-order valence-electron chi connectivity index (χ1n) is 5.88. The molecule has 1 heterocycles. The van der Waals surface area contributed by atoms with E-state index in [1.54, 1.807) is 31.2 Å². The lowest BCUT2D eigenvalue weighted by Gasteiger charge is -2.11. The number of nitrogens with one attached hydrogen (secondary N) is 3. The van der Waals surface area contributed by atoms with Gasteiger partial charge >= 0.3 is 5.69 Å². The zero-order valence-electron chi connectivity index (χ0n) is 10.8. The molecule has 0 aliphatic heterocycles. The summed E-state index contributed by atoms with van der Waals surface area (Å²) in [5.74, 6) is -0.333. The lowest BCUT2D eigenvalue weighted by molar-refractivity contribution is -0.115. The Bertz CT molecular complexity index is 773. The number of hydrogen-bond acceptors (Lipinski definition) is 5. The summed E-state index contributed by atoms with van der Waals surface area (Å²) in [6, 6.07) is 6.82. The van der Waals surface area contributed by atoms with Gasteiger partial charge in [-0.2, -0.15) is 5.10 Å². The van der Waals surface area contributed by atoms with Crippen molar-refractivity contribution < 1.29 is 4.79 Å². The van der Waals surface area contributed by atoms with E-state index in [2.05, 4.69) is 15.5 Å². The quantitative estimate of drug-likeness (QED) is 0.732. The number of nitrogens with zero attached hydrogens (tertiary/aromatic N) is 1. The van der Waals surface area contributed by atoms with Crippen LogP contribution in [0.1, 0.15) is 6.92 Å². The molecule has 9 heteroatoms. The van der Waals surface area contributed by atoms with Crippen molar-refractivity contribution in [3.63, 3.8) is 0 Å². The number of para-hydroxylation sites is 1. The molecule has 0 saturated heterocycles. The van der Waals surface area contributed by atoms with Gasteiger partial charge < -0.3 is 5.32 Å². The molecule has 0 fully saturated rings. The molecule has 2 rings (SSSR count). The molecule has 1 unspecified atom stereocenters. The molecular weight excluding hydrogens is 316 g/mol. The van der Waals surface area contributed by atoms with E-state index < -0.39 is 16.5 Å².